The van der Waals surface area contributed by atoms with Crippen molar-refractivity contribution in [2.45, 2.75) is 20.4 Å². The normalized spacial score (nSPS) is 10.2. The van der Waals surface area contributed by atoms with Crippen LogP contribution < -0.4 is 10.1 Å². The Kier molecular flexibility index (Phi) is 4.23. The van der Waals surface area contributed by atoms with E-state index in [1.165, 1.54) is 0 Å². The van der Waals surface area contributed by atoms with Crippen molar-refractivity contribution in [2.24, 2.45) is 0 Å². The molecule has 4 heteroatoms. The fourth-order valence-corrected chi connectivity index (χ4v) is 1.84. The highest BCUT2D eigenvalue weighted by Gasteiger charge is 2.08. The lowest BCUT2D eigenvalue weighted by Crippen LogP contribution is -2.03. The molecule has 2 aromatic rings. The first-order valence-corrected chi connectivity index (χ1v) is 6.31. The van der Waals surface area contributed by atoms with E-state index in [1.807, 2.05) is 38.1 Å². The summed E-state index contributed by atoms with van der Waals surface area (Å²) < 4.78 is 5.36. The Hall–Kier alpha value is -2.23. The van der Waals surface area contributed by atoms with Gasteiger partial charge < -0.3 is 15.2 Å². The van der Waals surface area contributed by atoms with E-state index >= 15 is 0 Å². The molecule has 0 aliphatic carbocycles. The minimum absolute atomic E-state index is 0.193. The number of aryl methyl sites for hydroxylation is 1. The van der Waals surface area contributed by atoms with Gasteiger partial charge in [-0.3, -0.25) is 4.98 Å². The Balaban J connectivity index is 2.12. The molecule has 2 rings (SSSR count). The molecular formula is C15H18N2O2. The zero-order valence-corrected chi connectivity index (χ0v) is 11.2. The first-order valence-electron chi connectivity index (χ1n) is 6.31. The molecule has 1 heterocycles. The van der Waals surface area contributed by atoms with E-state index in [1.54, 1.807) is 12.3 Å². The maximum atomic E-state index is 10.1. The van der Waals surface area contributed by atoms with E-state index in [0.29, 0.717) is 18.9 Å². The van der Waals surface area contributed by atoms with Crippen molar-refractivity contribution in [3.8, 4) is 11.5 Å². The maximum Gasteiger partial charge on any atom is 0.162 e. The molecule has 19 heavy (non-hydrogen) atoms. The van der Waals surface area contributed by atoms with Gasteiger partial charge in [-0.2, -0.15) is 0 Å². The van der Waals surface area contributed by atoms with Gasteiger partial charge in [0.1, 0.15) is 0 Å². The molecule has 0 spiro atoms. The molecule has 0 saturated heterocycles. The molecule has 0 aliphatic heterocycles. The SMILES string of the molecule is CCOc1cccc(CNc2cccnc2C)c1O. The van der Waals surface area contributed by atoms with Gasteiger partial charge in [0, 0.05) is 18.3 Å². The lowest BCUT2D eigenvalue weighted by molar-refractivity contribution is 0.317. The summed E-state index contributed by atoms with van der Waals surface area (Å²) in [7, 11) is 0. The molecule has 0 fully saturated rings. The highest BCUT2D eigenvalue weighted by atomic mass is 16.5. The molecule has 0 radical (unpaired) electrons. The molecular weight excluding hydrogens is 240 g/mol. The predicted octanol–water partition coefficient (Wildman–Crippen LogP) is 3.11. The van der Waals surface area contributed by atoms with Crippen LogP contribution in [0.2, 0.25) is 0 Å². The molecule has 0 bridgehead atoms. The number of benzene rings is 1. The number of pyridine rings is 1. The van der Waals surface area contributed by atoms with E-state index in [9.17, 15) is 5.11 Å². The number of hydrogen-bond donors (Lipinski definition) is 2. The van der Waals surface area contributed by atoms with Crippen LogP contribution in [0, 0.1) is 6.92 Å². The number of rotatable bonds is 5. The number of nitrogens with zero attached hydrogens (tertiary/aromatic N) is 1. The first-order chi connectivity index (χ1) is 9.22. The van der Waals surface area contributed by atoms with Gasteiger partial charge >= 0.3 is 0 Å². The Morgan fingerprint density at radius 2 is 2.11 bits per heavy atom. The lowest BCUT2D eigenvalue weighted by Gasteiger charge is -2.12. The van der Waals surface area contributed by atoms with Crippen LogP contribution in [0.3, 0.4) is 0 Å². The van der Waals surface area contributed by atoms with Gasteiger partial charge in [0.05, 0.1) is 18.0 Å². The average Bonchev–Trinajstić information content (AvgIpc) is 2.42. The summed E-state index contributed by atoms with van der Waals surface area (Å²) in [4.78, 5) is 4.21. The Morgan fingerprint density at radius 1 is 1.26 bits per heavy atom. The number of nitrogens with one attached hydrogen (secondary N) is 1. The predicted molar refractivity (Wildman–Crippen MR) is 75.6 cm³/mol. The van der Waals surface area contributed by atoms with Crippen LogP contribution in [0.5, 0.6) is 11.5 Å². The number of ether oxygens (including phenoxy) is 1. The van der Waals surface area contributed by atoms with Crippen LogP contribution in [-0.4, -0.2) is 16.7 Å². The molecule has 0 atom stereocenters. The van der Waals surface area contributed by atoms with Crippen LogP contribution in [-0.2, 0) is 6.54 Å². The summed E-state index contributed by atoms with van der Waals surface area (Å²) in [6.07, 6.45) is 1.76. The van der Waals surface area contributed by atoms with Crippen molar-refractivity contribution in [3.05, 3.63) is 47.8 Å². The summed E-state index contributed by atoms with van der Waals surface area (Å²) in [6.45, 7) is 4.90. The molecule has 4 nitrogen and oxygen atoms in total. The second-order valence-electron chi connectivity index (χ2n) is 4.19. The molecule has 1 aromatic carbocycles. The topological polar surface area (TPSA) is 54.4 Å². The second-order valence-corrected chi connectivity index (χ2v) is 4.19. The Morgan fingerprint density at radius 3 is 2.84 bits per heavy atom. The lowest BCUT2D eigenvalue weighted by atomic mass is 10.1. The van der Waals surface area contributed by atoms with Crippen LogP contribution in [0.1, 0.15) is 18.2 Å². The summed E-state index contributed by atoms with van der Waals surface area (Å²) in [6, 6.07) is 9.35. The van der Waals surface area contributed by atoms with Crippen molar-refractivity contribution >= 4 is 5.69 Å². The van der Waals surface area contributed by atoms with Crippen molar-refractivity contribution in [1.82, 2.24) is 4.98 Å². The van der Waals surface area contributed by atoms with Crippen LogP contribution in [0.15, 0.2) is 36.5 Å². The maximum absolute atomic E-state index is 10.1. The molecule has 1 aromatic heterocycles. The van der Waals surface area contributed by atoms with E-state index in [-0.39, 0.29) is 5.75 Å². The van der Waals surface area contributed by atoms with Crippen molar-refractivity contribution < 1.29 is 9.84 Å². The summed E-state index contributed by atoms with van der Waals surface area (Å²) >= 11 is 0. The molecule has 0 aliphatic rings. The number of phenols is 1. The molecule has 100 valence electrons. The van der Waals surface area contributed by atoms with E-state index in [2.05, 4.69) is 10.3 Å². The first kappa shape index (κ1) is 13.2. The summed E-state index contributed by atoms with van der Waals surface area (Å²) in [5, 5.41) is 13.3. The third-order valence-electron chi connectivity index (χ3n) is 2.86. The second kappa shape index (κ2) is 6.09. The van der Waals surface area contributed by atoms with Crippen molar-refractivity contribution in [3.63, 3.8) is 0 Å². The minimum atomic E-state index is 0.193. The van der Waals surface area contributed by atoms with E-state index in [4.69, 9.17) is 4.74 Å². The number of aromatic nitrogens is 1. The van der Waals surface area contributed by atoms with E-state index in [0.717, 1.165) is 16.9 Å². The molecule has 0 amide bonds. The third-order valence-corrected chi connectivity index (χ3v) is 2.86. The largest absolute Gasteiger partial charge is 0.504 e. The van der Waals surface area contributed by atoms with Crippen LogP contribution in [0.4, 0.5) is 5.69 Å². The zero-order valence-electron chi connectivity index (χ0n) is 11.2. The number of phenolic OH excluding ortho intramolecular Hbond substituents is 1. The molecule has 0 unspecified atom stereocenters. The zero-order chi connectivity index (χ0) is 13.7. The third kappa shape index (κ3) is 3.16. The Labute approximate surface area is 113 Å². The monoisotopic (exact) mass is 258 g/mol. The van der Waals surface area contributed by atoms with Gasteiger partial charge in [-0.15, -0.1) is 0 Å². The van der Waals surface area contributed by atoms with Crippen molar-refractivity contribution in [2.75, 3.05) is 11.9 Å². The van der Waals surface area contributed by atoms with Gasteiger partial charge in [0.25, 0.3) is 0 Å². The van der Waals surface area contributed by atoms with Crippen LogP contribution >= 0.6 is 0 Å². The smallest absolute Gasteiger partial charge is 0.162 e. The van der Waals surface area contributed by atoms with Crippen molar-refractivity contribution in [1.29, 1.82) is 0 Å². The molecule has 2 N–H and O–H groups in total. The summed E-state index contributed by atoms with van der Waals surface area (Å²) in [5.41, 5.74) is 2.70. The van der Waals surface area contributed by atoms with Crippen LogP contribution in [0.25, 0.3) is 0 Å². The average molecular weight is 258 g/mol. The van der Waals surface area contributed by atoms with Gasteiger partial charge in [-0.1, -0.05) is 12.1 Å². The Bertz CT molecular complexity index is 556. The minimum Gasteiger partial charge on any atom is -0.504 e. The number of aromatic hydroxyl groups is 1. The fourth-order valence-electron chi connectivity index (χ4n) is 1.84. The number of anilines is 1. The number of hydrogen-bond acceptors (Lipinski definition) is 4. The highest BCUT2D eigenvalue weighted by Crippen LogP contribution is 2.30. The highest BCUT2D eigenvalue weighted by molar-refractivity contribution is 5.50. The number of para-hydroxylation sites is 1. The fraction of sp³-hybridized carbons (Fsp3) is 0.267. The summed E-state index contributed by atoms with van der Waals surface area (Å²) in [5.74, 6) is 0.711. The van der Waals surface area contributed by atoms with E-state index < -0.39 is 0 Å². The quantitative estimate of drug-likeness (QED) is 0.865. The van der Waals surface area contributed by atoms with Gasteiger partial charge in [0.15, 0.2) is 11.5 Å². The standard InChI is InChI=1S/C15H18N2O2/c1-3-19-14-8-4-6-12(15(14)18)10-17-13-7-5-9-16-11(13)2/h4-9,17-18H,3,10H2,1-2H3. The molecule has 0 saturated carbocycles. The van der Waals surface area contributed by atoms with Gasteiger partial charge in [0.2, 0.25) is 0 Å². The van der Waals surface area contributed by atoms with Gasteiger partial charge in [-0.05, 0) is 32.0 Å². The van der Waals surface area contributed by atoms with Gasteiger partial charge in [-0.25, -0.2) is 0 Å².